The molecule has 1 saturated heterocycles. The largest absolute Gasteiger partial charge is 0.380 e. The second-order valence-corrected chi connectivity index (χ2v) is 5.22. The molecule has 1 fully saturated rings. The van der Waals surface area contributed by atoms with Gasteiger partial charge in [-0.3, -0.25) is 0 Å². The standard InChI is InChI=1S/C12H24BrNO/c1-3-5-11(8-13)9-14-7-4-6-12(10-14)15-2/h11-12H,3-10H2,1-2H3. The normalized spacial score (nSPS) is 25.4. The zero-order valence-corrected chi connectivity index (χ0v) is 11.6. The molecule has 90 valence electrons. The Balaban J connectivity index is 2.29. The molecular weight excluding hydrogens is 254 g/mol. The van der Waals surface area contributed by atoms with Crippen LogP contribution in [0.4, 0.5) is 0 Å². The average Bonchev–Trinajstić information content (AvgIpc) is 2.29. The average molecular weight is 278 g/mol. The minimum absolute atomic E-state index is 0.469. The van der Waals surface area contributed by atoms with Gasteiger partial charge in [-0.15, -0.1) is 0 Å². The Hall–Kier alpha value is 0.400. The van der Waals surface area contributed by atoms with Gasteiger partial charge >= 0.3 is 0 Å². The summed E-state index contributed by atoms with van der Waals surface area (Å²) in [6.07, 6.45) is 5.62. The summed E-state index contributed by atoms with van der Waals surface area (Å²) in [4.78, 5) is 2.57. The molecule has 0 aromatic carbocycles. The molecule has 1 aliphatic rings. The number of nitrogens with zero attached hydrogens (tertiary/aromatic N) is 1. The first-order valence-electron chi connectivity index (χ1n) is 6.11. The number of hydrogen-bond donors (Lipinski definition) is 0. The fourth-order valence-electron chi connectivity index (χ4n) is 2.36. The van der Waals surface area contributed by atoms with E-state index in [1.165, 1.54) is 38.8 Å². The van der Waals surface area contributed by atoms with E-state index in [0.717, 1.165) is 17.8 Å². The van der Waals surface area contributed by atoms with Gasteiger partial charge in [0.05, 0.1) is 6.10 Å². The molecule has 0 bridgehead atoms. The molecule has 2 nitrogen and oxygen atoms in total. The highest BCUT2D eigenvalue weighted by molar-refractivity contribution is 9.09. The van der Waals surface area contributed by atoms with Crippen LogP contribution in [-0.2, 0) is 4.74 Å². The van der Waals surface area contributed by atoms with Crippen molar-refractivity contribution in [3.63, 3.8) is 0 Å². The first-order valence-corrected chi connectivity index (χ1v) is 7.23. The Morgan fingerprint density at radius 2 is 2.33 bits per heavy atom. The zero-order chi connectivity index (χ0) is 11.1. The maximum absolute atomic E-state index is 5.44. The summed E-state index contributed by atoms with van der Waals surface area (Å²) < 4.78 is 5.44. The molecule has 3 heteroatoms. The lowest BCUT2D eigenvalue weighted by Gasteiger charge is -2.34. The Morgan fingerprint density at radius 3 is 2.93 bits per heavy atom. The fourth-order valence-corrected chi connectivity index (χ4v) is 2.89. The summed E-state index contributed by atoms with van der Waals surface area (Å²) in [6.45, 7) is 5.89. The minimum atomic E-state index is 0.469. The van der Waals surface area contributed by atoms with Crippen LogP contribution in [0.5, 0.6) is 0 Å². The van der Waals surface area contributed by atoms with Crippen LogP contribution >= 0.6 is 15.9 Å². The number of piperidine rings is 1. The number of halogens is 1. The van der Waals surface area contributed by atoms with Gasteiger partial charge in [0.2, 0.25) is 0 Å². The van der Waals surface area contributed by atoms with Crippen LogP contribution in [0.3, 0.4) is 0 Å². The van der Waals surface area contributed by atoms with Crippen molar-refractivity contribution in [3.05, 3.63) is 0 Å². The molecule has 1 heterocycles. The van der Waals surface area contributed by atoms with Crippen LogP contribution in [0.2, 0.25) is 0 Å². The lowest BCUT2D eigenvalue weighted by Crippen LogP contribution is -2.41. The summed E-state index contributed by atoms with van der Waals surface area (Å²) in [5.41, 5.74) is 0. The fraction of sp³-hybridized carbons (Fsp3) is 1.00. The molecule has 0 spiro atoms. The van der Waals surface area contributed by atoms with E-state index >= 15 is 0 Å². The molecular formula is C12H24BrNO. The molecule has 0 saturated carbocycles. The van der Waals surface area contributed by atoms with E-state index in [2.05, 4.69) is 27.8 Å². The molecule has 0 radical (unpaired) electrons. The van der Waals surface area contributed by atoms with Crippen molar-refractivity contribution in [1.29, 1.82) is 0 Å². The smallest absolute Gasteiger partial charge is 0.0698 e. The third-order valence-corrected chi connectivity index (χ3v) is 4.14. The number of hydrogen-bond acceptors (Lipinski definition) is 2. The van der Waals surface area contributed by atoms with E-state index in [9.17, 15) is 0 Å². The molecule has 2 atom stereocenters. The molecule has 2 unspecified atom stereocenters. The van der Waals surface area contributed by atoms with Crippen molar-refractivity contribution in [2.75, 3.05) is 32.1 Å². The van der Waals surface area contributed by atoms with Gasteiger partial charge in [-0.05, 0) is 31.7 Å². The lowest BCUT2D eigenvalue weighted by atomic mass is 10.0. The summed E-state index contributed by atoms with van der Waals surface area (Å²) >= 11 is 3.62. The van der Waals surface area contributed by atoms with Crippen LogP contribution in [-0.4, -0.2) is 43.1 Å². The number of methoxy groups -OCH3 is 1. The zero-order valence-electron chi connectivity index (χ0n) is 10.0. The molecule has 1 aliphatic heterocycles. The second kappa shape index (κ2) is 7.64. The SMILES string of the molecule is CCCC(CBr)CN1CCCC(OC)C1. The summed E-state index contributed by atoms with van der Waals surface area (Å²) in [5.74, 6) is 0.811. The van der Waals surface area contributed by atoms with Gasteiger partial charge in [0.25, 0.3) is 0 Å². The number of ether oxygens (including phenoxy) is 1. The predicted octanol–water partition coefficient (Wildman–Crippen LogP) is 2.91. The number of alkyl halides is 1. The number of rotatable bonds is 6. The lowest BCUT2D eigenvalue weighted by molar-refractivity contribution is 0.0266. The number of likely N-dealkylation sites (tertiary alicyclic amines) is 1. The van der Waals surface area contributed by atoms with Gasteiger partial charge < -0.3 is 9.64 Å². The Morgan fingerprint density at radius 1 is 1.53 bits per heavy atom. The Labute approximate surface area is 102 Å². The highest BCUT2D eigenvalue weighted by Crippen LogP contribution is 2.17. The van der Waals surface area contributed by atoms with Crippen LogP contribution < -0.4 is 0 Å². The molecule has 1 rings (SSSR count). The third kappa shape index (κ3) is 4.83. The summed E-state index contributed by atoms with van der Waals surface area (Å²) in [7, 11) is 1.84. The van der Waals surface area contributed by atoms with E-state index in [1.54, 1.807) is 0 Å². The first-order chi connectivity index (χ1) is 7.30. The van der Waals surface area contributed by atoms with Crippen molar-refractivity contribution >= 4 is 15.9 Å². The molecule has 0 amide bonds. The third-order valence-electron chi connectivity index (χ3n) is 3.23. The van der Waals surface area contributed by atoms with Crippen LogP contribution in [0.1, 0.15) is 32.6 Å². The molecule has 15 heavy (non-hydrogen) atoms. The van der Waals surface area contributed by atoms with E-state index in [-0.39, 0.29) is 0 Å². The first kappa shape index (κ1) is 13.5. The summed E-state index contributed by atoms with van der Waals surface area (Å²) in [6, 6.07) is 0. The Kier molecular flexibility index (Phi) is 6.86. The topological polar surface area (TPSA) is 12.5 Å². The minimum Gasteiger partial charge on any atom is -0.380 e. The van der Waals surface area contributed by atoms with Crippen molar-refractivity contribution < 1.29 is 4.74 Å². The van der Waals surface area contributed by atoms with Crippen molar-refractivity contribution in [2.45, 2.75) is 38.7 Å². The predicted molar refractivity (Wildman–Crippen MR) is 68.7 cm³/mol. The maximum Gasteiger partial charge on any atom is 0.0698 e. The van der Waals surface area contributed by atoms with Crippen molar-refractivity contribution in [1.82, 2.24) is 4.90 Å². The summed E-state index contributed by atoms with van der Waals surface area (Å²) in [5, 5.41) is 1.13. The van der Waals surface area contributed by atoms with E-state index in [0.29, 0.717) is 6.10 Å². The van der Waals surface area contributed by atoms with Crippen molar-refractivity contribution in [2.24, 2.45) is 5.92 Å². The van der Waals surface area contributed by atoms with Gasteiger partial charge in [0.15, 0.2) is 0 Å². The monoisotopic (exact) mass is 277 g/mol. The van der Waals surface area contributed by atoms with E-state index < -0.39 is 0 Å². The van der Waals surface area contributed by atoms with E-state index in [1.807, 2.05) is 7.11 Å². The maximum atomic E-state index is 5.44. The van der Waals surface area contributed by atoms with Gasteiger partial charge in [-0.2, -0.15) is 0 Å². The van der Waals surface area contributed by atoms with Crippen LogP contribution in [0.25, 0.3) is 0 Å². The quantitative estimate of drug-likeness (QED) is 0.693. The van der Waals surface area contributed by atoms with Crippen LogP contribution in [0, 0.1) is 5.92 Å². The van der Waals surface area contributed by atoms with Gasteiger partial charge in [-0.1, -0.05) is 29.3 Å². The molecule has 0 aromatic heterocycles. The van der Waals surface area contributed by atoms with E-state index in [4.69, 9.17) is 4.74 Å². The molecule has 0 aliphatic carbocycles. The Bertz CT molecular complexity index is 166. The van der Waals surface area contributed by atoms with Gasteiger partial charge in [0, 0.05) is 25.5 Å². The highest BCUT2D eigenvalue weighted by Gasteiger charge is 2.21. The van der Waals surface area contributed by atoms with Crippen molar-refractivity contribution in [3.8, 4) is 0 Å². The van der Waals surface area contributed by atoms with Crippen LogP contribution in [0.15, 0.2) is 0 Å². The second-order valence-electron chi connectivity index (χ2n) is 4.57. The van der Waals surface area contributed by atoms with Gasteiger partial charge in [0.1, 0.15) is 0 Å². The molecule has 0 N–H and O–H groups in total. The molecule has 0 aromatic rings. The van der Waals surface area contributed by atoms with Gasteiger partial charge in [-0.25, -0.2) is 0 Å². The highest BCUT2D eigenvalue weighted by atomic mass is 79.9.